The van der Waals surface area contributed by atoms with E-state index in [4.69, 9.17) is 10.3 Å². The van der Waals surface area contributed by atoms with Crippen molar-refractivity contribution in [3.05, 3.63) is 65.7 Å². The molecular weight excluding hydrogens is 342 g/mol. The number of halogens is 1. The summed E-state index contributed by atoms with van der Waals surface area (Å²) >= 11 is 3.26. The lowest BCUT2D eigenvalue weighted by Gasteiger charge is -2.00. The number of alkyl halides is 1. The van der Waals surface area contributed by atoms with E-state index in [0.717, 1.165) is 11.1 Å². The van der Waals surface area contributed by atoms with Crippen LogP contribution in [0.5, 0.6) is 0 Å². The molecule has 0 amide bonds. The summed E-state index contributed by atoms with van der Waals surface area (Å²) in [7, 11) is -4.02. The summed E-state index contributed by atoms with van der Waals surface area (Å²) < 4.78 is 29.6. The van der Waals surface area contributed by atoms with Crippen molar-refractivity contribution in [2.24, 2.45) is 5.73 Å². The van der Waals surface area contributed by atoms with Crippen LogP contribution in [-0.4, -0.2) is 13.0 Å². The Labute approximate surface area is 127 Å². The van der Waals surface area contributed by atoms with Crippen LogP contribution in [0.2, 0.25) is 0 Å². The van der Waals surface area contributed by atoms with Crippen molar-refractivity contribution in [3.8, 4) is 0 Å². The molecule has 108 valence electrons. The second-order valence-corrected chi connectivity index (χ2v) is 6.51. The molecule has 6 heteroatoms. The van der Waals surface area contributed by atoms with Gasteiger partial charge in [-0.05, 0) is 24.6 Å². The molecule has 2 rings (SSSR count). The normalized spacial score (nSPS) is 12.2. The molecule has 0 aliphatic rings. The van der Waals surface area contributed by atoms with Gasteiger partial charge in [-0.2, -0.15) is 8.42 Å². The van der Waals surface area contributed by atoms with E-state index in [-0.39, 0.29) is 9.85 Å². The van der Waals surface area contributed by atoms with Gasteiger partial charge >= 0.3 is 0 Å². The second kappa shape index (κ2) is 7.54. The van der Waals surface area contributed by atoms with E-state index in [1.54, 1.807) is 12.1 Å². The number of nitrogens with two attached hydrogens (primary N) is 1. The Kier molecular flexibility index (Phi) is 6.35. The van der Waals surface area contributed by atoms with E-state index in [1.165, 1.54) is 12.1 Å². The predicted octanol–water partition coefficient (Wildman–Crippen LogP) is 3.28. The Morgan fingerprint density at radius 2 is 1.55 bits per heavy atom. The predicted molar refractivity (Wildman–Crippen MR) is 83.3 cm³/mol. The maximum Gasteiger partial charge on any atom is 0.294 e. The molecule has 20 heavy (non-hydrogen) atoms. The Bertz CT molecular complexity index is 625. The van der Waals surface area contributed by atoms with Gasteiger partial charge in [-0.1, -0.05) is 64.0 Å². The summed E-state index contributed by atoms with van der Waals surface area (Å²) in [5.74, 6) is 0. The minimum Gasteiger partial charge on any atom is -0.315 e. The van der Waals surface area contributed by atoms with Crippen LogP contribution in [0.25, 0.3) is 0 Å². The smallest absolute Gasteiger partial charge is 0.294 e. The first-order chi connectivity index (χ1) is 9.30. The molecule has 4 nitrogen and oxygen atoms in total. The van der Waals surface area contributed by atoms with Crippen LogP contribution >= 0.6 is 15.9 Å². The third-order valence-corrected chi connectivity index (χ3v) is 3.83. The fourth-order valence-electron chi connectivity index (χ4n) is 1.35. The Morgan fingerprint density at radius 1 is 1.05 bits per heavy atom. The largest absolute Gasteiger partial charge is 0.315 e. The number of benzene rings is 2. The van der Waals surface area contributed by atoms with Crippen molar-refractivity contribution < 1.29 is 13.0 Å². The molecule has 0 spiro atoms. The molecule has 0 aliphatic carbocycles. The van der Waals surface area contributed by atoms with Crippen LogP contribution in [0, 0.1) is 6.92 Å². The minimum atomic E-state index is -4.02. The second-order valence-electron chi connectivity index (χ2n) is 4.10. The van der Waals surface area contributed by atoms with Gasteiger partial charge in [0.25, 0.3) is 10.1 Å². The Hall–Kier alpha value is -1.21. The highest BCUT2D eigenvalue weighted by atomic mass is 79.9. The summed E-state index contributed by atoms with van der Waals surface area (Å²) in [6.07, 6.45) is 0. The molecule has 0 radical (unpaired) electrons. The lowest BCUT2D eigenvalue weighted by atomic mass is 10.2. The highest BCUT2D eigenvalue weighted by molar-refractivity contribution is 9.09. The fourth-order valence-corrected chi connectivity index (χ4v) is 2.13. The first kappa shape index (κ1) is 16.8. The minimum absolute atomic E-state index is 0.0290. The lowest BCUT2D eigenvalue weighted by molar-refractivity contribution is 0.483. The summed E-state index contributed by atoms with van der Waals surface area (Å²) in [5, 5.41) is 0. The quantitative estimate of drug-likeness (QED) is 0.491. The summed E-state index contributed by atoms with van der Waals surface area (Å²) in [4.78, 5) is -0.0956. The molecule has 2 aromatic rings. The first-order valence-corrected chi connectivity index (χ1v) is 8.15. The van der Waals surface area contributed by atoms with Gasteiger partial charge in [0.2, 0.25) is 0 Å². The molecule has 0 saturated carbocycles. The molecule has 0 heterocycles. The van der Waals surface area contributed by atoms with E-state index in [0.29, 0.717) is 0 Å². The molecular formula is C14H16BrNO3S. The number of aryl methyl sites for hydroxylation is 1. The van der Waals surface area contributed by atoms with Gasteiger partial charge in [-0.15, -0.1) is 0 Å². The first-order valence-electron chi connectivity index (χ1n) is 5.79. The van der Waals surface area contributed by atoms with E-state index in [2.05, 4.69) is 15.9 Å². The molecule has 0 aliphatic heterocycles. The molecule has 0 aromatic heterocycles. The molecule has 3 N–H and O–H groups in total. The number of rotatable bonds is 2. The van der Waals surface area contributed by atoms with Crippen molar-refractivity contribution in [2.45, 2.75) is 16.8 Å². The fraction of sp³-hybridized carbons (Fsp3) is 0.143. The van der Waals surface area contributed by atoms with Gasteiger partial charge < -0.3 is 5.73 Å². The standard InChI is InChI=1S/C7H8BrN.C7H8O3S/c8-7(9)6-4-2-1-3-5-6;1-6-2-4-7(5-3-6)11(8,9)10/h1-5,7H,9H2;2-5H,1H3,(H,8,9,10). The zero-order valence-corrected chi connectivity index (χ0v) is 13.3. The van der Waals surface area contributed by atoms with Gasteiger partial charge in [0, 0.05) is 0 Å². The van der Waals surface area contributed by atoms with Crippen LogP contribution in [0.15, 0.2) is 59.5 Å². The van der Waals surface area contributed by atoms with Crippen LogP contribution in [0.3, 0.4) is 0 Å². The van der Waals surface area contributed by atoms with Crippen LogP contribution < -0.4 is 5.73 Å². The third-order valence-electron chi connectivity index (χ3n) is 2.44. The number of hydrogen-bond donors (Lipinski definition) is 2. The molecule has 0 fully saturated rings. The topological polar surface area (TPSA) is 80.4 Å². The van der Waals surface area contributed by atoms with Crippen molar-refractivity contribution in [3.63, 3.8) is 0 Å². The third kappa shape index (κ3) is 5.83. The number of hydrogen-bond acceptors (Lipinski definition) is 3. The summed E-state index contributed by atoms with van der Waals surface area (Å²) in [6, 6.07) is 15.9. The van der Waals surface area contributed by atoms with Gasteiger partial charge in [-0.3, -0.25) is 4.55 Å². The molecule has 2 aromatic carbocycles. The summed E-state index contributed by atoms with van der Waals surface area (Å²) in [5.41, 5.74) is 7.60. The zero-order chi connectivity index (χ0) is 15.2. The van der Waals surface area contributed by atoms with E-state index in [9.17, 15) is 8.42 Å². The van der Waals surface area contributed by atoms with Crippen molar-refractivity contribution in [1.29, 1.82) is 0 Å². The summed E-state index contributed by atoms with van der Waals surface area (Å²) in [6.45, 7) is 1.84. The average molecular weight is 358 g/mol. The van der Waals surface area contributed by atoms with Crippen LogP contribution in [0.4, 0.5) is 0 Å². The molecule has 1 atom stereocenters. The maximum atomic E-state index is 10.5. The Morgan fingerprint density at radius 3 is 1.90 bits per heavy atom. The van der Waals surface area contributed by atoms with Crippen LogP contribution in [-0.2, 0) is 10.1 Å². The lowest BCUT2D eigenvalue weighted by Crippen LogP contribution is -1.99. The van der Waals surface area contributed by atoms with Gasteiger partial charge in [0.05, 0.1) is 9.85 Å². The van der Waals surface area contributed by atoms with Gasteiger partial charge in [0.15, 0.2) is 0 Å². The van der Waals surface area contributed by atoms with E-state index in [1.807, 2.05) is 37.3 Å². The van der Waals surface area contributed by atoms with Gasteiger partial charge in [-0.25, -0.2) is 0 Å². The molecule has 0 saturated heterocycles. The highest BCUT2D eigenvalue weighted by Crippen LogP contribution is 2.14. The SMILES string of the molecule is Cc1ccc(S(=O)(=O)O)cc1.NC(Br)c1ccccc1. The molecule has 0 bridgehead atoms. The van der Waals surface area contributed by atoms with Crippen LogP contribution in [0.1, 0.15) is 16.1 Å². The average Bonchev–Trinajstić information content (AvgIpc) is 2.40. The Balaban J connectivity index is 0.000000204. The van der Waals surface area contributed by atoms with Crippen molar-refractivity contribution >= 4 is 26.0 Å². The van der Waals surface area contributed by atoms with E-state index < -0.39 is 10.1 Å². The van der Waals surface area contributed by atoms with Crippen molar-refractivity contribution in [1.82, 2.24) is 0 Å². The maximum absolute atomic E-state index is 10.5. The monoisotopic (exact) mass is 357 g/mol. The van der Waals surface area contributed by atoms with Crippen molar-refractivity contribution in [2.75, 3.05) is 0 Å². The highest BCUT2D eigenvalue weighted by Gasteiger charge is 2.06. The van der Waals surface area contributed by atoms with E-state index >= 15 is 0 Å². The zero-order valence-electron chi connectivity index (χ0n) is 10.9. The molecule has 1 unspecified atom stereocenters. The van der Waals surface area contributed by atoms with Gasteiger partial charge in [0.1, 0.15) is 0 Å².